The number of halogens is 1. The molecule has 0 unspecified atom stereocenters. The van der Waals surface area contributed by atoms with Crippen molar-refractivity contribution in [1.82, 2.24) is 5.32 Å². The first-order valence-electron chi connectivity index (χ1n) is 6.36. The monoisotopic (exact) mass is 403 g/mol. The lowest BCUT2D eigenvalue weighted by Gasteiger charge is -2.11. The van der Waals surface area contributed by atoms with Gasteiger partial charge in [0.25, 0.3) is 0 Å². The molecule has 0 atom stereocenters. The molecule has 0 saturated carbocycles. The highest BCUT2D eigenvalue weighted by Gasteiger charge is 2.05. The zero-order chi connectivity index (χ0) is 15.0. The number of hydrogen-bond acceptors (Lipinski definition) is 3. The summed E-state index contributed by atoms with van der Waals surface area (Å²) in [6.45, 7) is 4.66. The minimum absolute atomic E-state index is 0. The van der Waals surface area contributed by atoms with E-state index in [-0.39, 0.29) is 36.6 Å². The maximum atomic E-state index is 5.75. The molecule has 6 heteroatoms. The second-order valence-corrected chi connectivity index (χ2v) is 4.48. The molecule has 0 amide bonds. The van der Waals surface area contributed by atoms with Crippen molar-refractivity contribution in [3.05, 3.63) is 23.8 Å². The molecule has 1 rings (SSSR count). The Morgan fingerprint density at radius 1 is 1.43 bits per heavy atom. The van der Waals surface area contributed by atoms with Crippen LogP contribution in [0.1, 0.15) is 19.4 Å². The number of hydrogen-bond donors (Lipinski definition) is 2. The minimum atomic E-state index is 0. The number of aliphatic imine (C=N–C) groups is 1. The lowest BCUT2D eigenvalue weighted by Crippen LogP contribution is -2.36. The number of guanidine groups is 1. The molecule has 0 heterocycles. The Bertz CT molecular complexity index is 510. The molecule has 1 aromatic rings. The van der Waals surface area contributed by atoms with Crippen molar-refractivity contribution in [2.24, 2.45) is 10.7 Å². The van der Waals surface area contributed by atoms with Crippen LogP contribution in [-0.2, 0) is 6.54 Å². The third-order valence-corrected chi connectivity index (χ3v) is 2.41. The average Bonchev–Trinajstić information content (AvgIpc) is 2.42. The van der Waals surface area contributed by atoms with Gasteiger partial charge >= 0.3 is 0 Å². The number of nitrogens with two attached hydrogens (primary N) is 1. The van der Waals surface area contributed by atoms with Gasteiger partial charge in [0.1, 0.15) is 6.61 Å². The summed E-state index contributed by atoms with van der Waals surface area (Å²) in [4.78, 5) is 4.26. The quantitative estimate of drug-likeness (QED) is 0.331. The molecular formula is C15H22IN3O2. The summed E-state index contributed by atoms with van der Waals surface area (Å²) in [5, 5.41) is 3.03. The maximum absolute atomic E-state index is 5.75. The lowest BCUT2D eigenvalue weighted by molar-refractivity contribution is 0.330. The molecule has 0 saturated heterocycles. The summed E-state index contributed by atoms with van der Waals surface area (Å²) < 4.78 is 10.6. The van der Waals surface area contributed by atoms with Gasteiger partial charge in [-0.25, -0.2) is 4.99 Å². The highest BCUT2D eigenvalue weighted by Crippen LogP contribution is 2.28. The Morgan fingerprint density at radius 3 is 2.71 bits per heavy atom. The van der Waals surface area contributed by atoms with E-state index >= 15 is 0 Å². The van der Waals surface area contributed by atoms with Crippen LogP contribution in [-0.4, -0.2) is 25.7 Å². The Morgan fingerprint density at radius 2 is 2.14 bits per heavy atom. The maximum Gasteiger partial charge on any atom is 0.189 e. The average molecular weight is 403 g/mol. The Labute approximate surface area is 143 Å². The van der Waals surface area contributed by atoms with Crippen molar-refractivity contribution < 1.29 is 9.47 Å². The molecule has 0 spiro atoms. The van der Waals surface area contributed by atoms with Crippen LogP contribution in [0.2, 0.25) is 0 Å². The van der Waals surface area contributed by atoms with E-state index in [4.69, 9.17) is 21.6 Å². The molecule has 0 fully saturated rings. The van der Waals surface area contributed by atoms with E-state index in [2.05, 4.69) is 16.2 Å². The first-order valence-corrected chi connectivity index (χ1v) is 6.36. The first-order chi connectivity index (χ1) is 9.56. The summed E-state index contributed by atoms with van der Waals surface area (Å²) in [5.74, 6) is 4.09. The van der Waals surface area contributed by atoms with E-state index in [0.29, 0.717) is 24.0 Å². The molecular weight excluding hydrogens is 381 g/mol. The fraction of sp³-hybridized carbons (Fsp3) is 0.400. The second-order valence-electron chi connectivity index (χ2n) is 4.48. The molecule has 0 aliphatic heterocycles. The van der Waals surface area contributed by atoms with Gasteiger partial charge < -0.3 is 20.5 Å². The number of rotatable bonds is 6. The molecule has 0 aliphatic rings. The van der Waals surface area contributed by atoms with Crippen molar-refractivity contribution in [3.63, 3.8) is 0 Å². The van der Waals surface area contributed by atoms with Crippen LogP contribution in [0, 0.1) is 12.3 Å². The summed E-state index contributed by atoms with van der Waals surface area (Å²) in [6.07, 6.45) is 5.19. The van der Waals surface area contributed by atoms with Gasteiger partial charge in [-0.1, -0.05) is 12.0 Å². The fourth-order valence-corrected chi connectivity index (χ4v) is 1.57. The standard InChI is InChI=1S/C15H21N3O2.HI/c1-5-8-20-14-9-12(6-7-13(14)19-4)10-17-15(16)18-11(2)3;/h1,6-7,9,11H,8,10H2,2-4H3,(H3,16,17,18);1H. The van der Waals surface area contributed by atoms with Gasteiger partial charge in [-0.3, -0.25) is 0 Å². The van der Waals surface area contributed by atoms with Crippen LogP contribution in [0.5, 0.6) is 11.5 Å². The van der Waals surface area contributed by atoms with Crippen LogP contribution in [0.3, 0.4) is 0 Å². The van der Waals surface area contributed by atoms with E-state index in [1.54, 1.807) is 7.11 Å². The molecule has 5 nitrogen and oxygen atoms in total. The van der Waals surface area contributed by atoms with Gasteiger partial charge in [-0.2, -0.15) is 0 Å². The van der Waals surface area contributed by atoms with Crippen molar-refractivity contribution >= 4 is 29.9 Å². The number of methoxy groups -OCH3 is 1. The van der Waals surface area contributed by atoms with E-state index in [9.17, 15) is 0 Å². The van der Waals surface area contributed by atoms with Crippen molar-refractivity contribution in [2.45, 2.75) is 26.4 Å². The summed E-state index contributed by atoms with van der Waals surface area (Å²) in [5.41, 5.74) is 6.72. The molecule has 3 N–H and O–H groups in total. The van der Waals surface area contributed by atoms with E-state index in [1.165, 1.54) is 0 Å². The molecule has 0 radical (unpaired) electrons. The summed E-state index contributed by atoms with van der Waals surface area (Å²) in [6, 6.07) is 5.84. The molecule has 116 valence electrons. The highest BCUT2D eigenvalue weighted by atomic mass is 127. The highest BCUT2D eigenvalue weighted by molar-refractivity contribution is 14.0. The van der Waals surface area contributed by atoms with Crippen LogP contribution < -0.4 is 20.5 Å². The van der Waals surface area contributed by atoms with E-state index < -0.39 is 0 Å². The Kier molecular flexibility index (Phi) is 9.37. The second kappa shape index (κ2) is 10.2. The summed E-state index contributed by atoms with van der Waals surface area (Å²) >= 11 is 0. The SMILES string of the molecule is C#CCOc1cc(CN=C(N)NC(C)C)ccc1OC.I. The normalized spacial score (nSPS) is 10.5. The van der Waals surface area contributed by atoms with Gasteiger partial charge in [0, 0.05) is 6.04 Å². The largest absolute Gasteiger partial charge is 0.493 e. The van der Waals surface area contributed by atoms with Crippen LogP contribution in [0.25, 0.3) is 0 Å². The summed E-state index contributed by atoms with van der Waals surface area (Å²) in [7, 11) is 1.58. The van der Waals surface area contributed by atoms with E-state index in [1.807, 2.05) is 32.0 Å². The zero-order valence-corrected chi connectivity index (χ0v) is 14.9. The topological polar surface area (TPSA) is 68.9 Å². The smallest absolute Gasteiger partial charge is 0.189 e. The third kappa shape index (κ3) is 7.09. The molecule has 1 aromatic carbocycles. The lowest BCUT2D eigenvalue weighted by atomic mass is 10.2. The third-order valence-electron chi connectivity index (χ3n) is 2.41. The van der Waals surface area contributed by atoms with Crippen molar-refractivity contribution in [2.75, 3.05) is 13.7 Å². The van der Waals surface area contributed by atoms with Crippen LogP contribution in [0.4, 0.5) is 0 Å². The number of nitrogens with zero attached hydrogens (tertiary/aromatic N) is 1. The van der Waals surface area contributed by atoms with E-state index in [0.717, 1.165) is 5.56 Å². The van der Waals surface area contributed by atoms with Gasteiger partial charge in [0.05, 0.1) is 13.7 Å². The fourth-order valence-electron chi connectivity index (χ4n) is 1.57. The van der Waals surface area contributed by atoms with Crippen LogP contribution >= 0.6 is 24.0 Å². The number of terminal acetylenes is 1. The van der Waals surface area contributed by atoms with Gasteiger partial charge in [0.15, 0.2) is 17.5 Å². The Hall–Kier alpha value is -1.62. The van der Waals surface area contributed by atoms with Gasteiger partial charge in [-0.15, -0.1) is 30.4 Å². The molecule has 21 heavy (non-hydrogen) atoms. The van der Waals surface area contributed by atoms with Gasteiger partial charge in [0.2, 0.25) is 0 Å². The molecule has 0 aromatic heterocycles. The predicted molar refractivity (Wildman–Crippen MR) is 96.3 cm³/mol. The molecule has 0 bridgehead atoms. The Balaban J connectivity index is 0.00000400. The van der Waals surface area contributed by atoms with Crippen LogP contribution in [0.15, 0.2) is 23.2 Å². The minimum Gasteiger partial charge on any atom is -0.493 e. The number of nitrogens with one attached hydrogen (secondary N) is 1. The number of benzene rings is 1. The first kappa shape index (κ1) is 19.4. The van der Waals surface area contributed by atoms with Crippen molar-refractivity contribution in [1.29, 1.82) is 0 Å². The van der Waals surface area contributed by atoms with Gasteiger partial charge in [-0.05, 0) is 31.5 Å². The number of ether oxygens (including phenoxy) is 2. The van der Waals surface area contributed by atoms with Crippen molar-refractivity contribution in [3.8, 4) is 23.8 Å². The predicted octanol–water partition coefficient (Wildman–Crippen LogP) is 2.14. The zero-order valence-electron chi connectivity index (χ0n) is 12.6. The molecule has 0 aliphatic carbocycles.